The van der Waals surface area contributed by atoms with Gasteiger partial charge in [-0.3, -0.25) is 4.31 Å². The molecule has 0 aliphatic carbocycles. The Labute approximate surface area is 250 Å². The molecule has 0 spiro atoms. The highest BCUT2D eigenvalue weighted by molar-refractivity contribution is 7.92. The van der Waals surface area contributed by atoms with Crippen molar-refractivity contribution in [3.8, 4) is 6.07 Å². The summed E-state index contributed by atoms with van der Waals surface area (Å²) < 4.78 is 37.1. The number of rotatable bonds is 16. The van der Waals surface area contributed by atoms with E-state index in [-0.39, 0.29) is 4.90 Å². The normalized spacial score (nSPS) is 11.7. The Hall–Kier alpha value is -3.71. The van der Waals surface area contributed by atoms with Crippen LogP contribution in [0, 0.1) is 11.3 Å². The van der Waals surface area contributed by atoms with Crippen molar-refractivity contribution >= 4 is 26.7 Å². The predicted octanol–water partition coefficient (Wildman–Crippen LogP) is 5.66. The number of likely N-dealkylation sites (N-methyl/N-ethyl adjacent to an activating group) is 1. The van der Waals surface area contributed by atoms with Crippen molar-refractivity contribution in [2.24, 2.45) is 0 Å². The zero-order valence-corrected chi connectivity index (χ0v) is 25.7. The number of sulfonamides is 1. The molecule has 0 aliphatic heterocycles. The van der Waals surface area contributed by atoms with Crippen molar-refractivity contribution in [3.05, 3.63) is 89.7 Å². The Bertz CT molecular complexity index is 1570. The van der Waals surface area contributed by atoms with E-state index < -0.39 is 10.0 Å². The van der Waals surface area contributed by atoms with Crippen LogP contribution in [0.5, 0.6) is 0 Å². The maximum Gasteiger partial charge on any atom is 0.264 e. The molecule has 0 amide bonds. The number of anilines is 1. The van der Waals surface area contributed by atoms with Gasteiger partial charge in [-0.05, 0) is 80.9 Å². The van der Waals surface area contributed by atoms with Gasteiger partial charge in [0.1, 0.15) is 5.82 Å². The Balaban J connectivity index is 1.70. The van der Waals surface area contributed by atoms with E-state index in [1.54, 1.807) is 24.3 Å². The van der Waals surface area contributed by atoms with Gasteiger partial charge in [0.25, 0.3) is 10.0 Å². The lowest BCUT2D eigenvalue weighted by atomic mass is 10.1. The minimum absolute atomic E-state index is 0.272. The molecular formula is C33H41N5O3S. The third kappa shape index (κ3) is 7.57. The number of hydrogen-bond acceptors (Lipinski definition) is 6. The third-order valence-electron chi connectivity index (χ3n) is 7.54. The molecular weight excluding hydrogens is 546 g/mol. The lowest BCUT2D eigenvalue weighted by molar-refractivity contribution is 0.141. The van der Waals surface area contributed by atoms with Crippen LogP contribution in [0.1, 0.15) is 44.1 Å². The number of fused-ring (bicyclic) bond motifs is 1. The monoisotopic (exact) mass is 587 g/mol. The summed E-state index contributed by atoms with van der Waals surface area (Å²) in [5.74, 6) is 0.948. The highest BCUT2D eigenvalue weighted by atomic mass is 32.2. The Kier molecular flexibility index (Phi) is 11.1. The van der Waals surface area contributed by atoms with E-state index in [4.69, 9.17) is 15.0 Å². The molecule has 3 aromatic carbocycles. The van der Waals surface area contributed by atoms with Crippen molar-refractivity contribution in [2.45, 2.75) is 51.5 Å². The number of nitrogens with zero attached hydrogens (tertiary/aromatic N) is 5. The van der Waals surface area contributed by atoms with Gasteiger partial charge in [-0.1, -0.05) is 44.2 Å². The number of benzene rings is 3. The molecule has 0 atom stereocenters. The standard InChI is InChI=1S/C33H41N5O3S/c1-4-36(5-2)22-23-38(42(39,40)30-11-8-7-9-12-30)29-18-19-32-31(25-29)35-33(37(32)21-10-24-41-6-3)20-17-27-13-15-28(26-34)16-14-27/h7-9,11-16,18-19,25H,4-6,10,17,20-24H2,1-3H3. The second-order valence-electron chi connectivity index (χ2n) is 10.1. The lowest BCUT2D eigenvalue weighted by Gasteiger charge is -2.27. The number of aryl methyl sites for hydroxylation is 3. The second kappa shape index (κ2) is 15.0. The summed E-state index contributed by atoms with van der Waals surface area (Å²) in [5, 5.41) is 9.12. The molecule has 0 fully saturated rings. The highest BCUT2D eigenvalue weighted by Crippen LogP contribution is 2.28. The first-order chi connectivity index (χ1) is 20.4. The molecule has 222 valence electrons. The van der Waals surface area contributed by atoms with Gasteiger partial charge in [0.05, 0.1) is 33.2 Å². The van der Waals surface area contributed by atoms with Crippen molar-refractivity contribution in [3.63, 3.8) is 0 Å². The first-order valence-electron chi connectivity index (χ1n) is 14.8. The van der Waals surface area contributed by atoms with E-state index in [1.165, 1.54) is 4.31 Å². The van der Waals surface area contributed by atoms with E-state index in [2.05, 4.69) is 29.4 Å². The Morgan fingerprint density at radius 1 is 0.929 bits per heavy atom. The smallest absolute Gasteiger partial charge is 0.264 e. The van der Waals surface area contributed by atoms with Crippen LogP contribution in [0.4, 0.5) is 5.69 Å². The molecule has 4 rings (SSSR count). The molecule has 1 heterocycles. The van der Waals surface area contributed by atoms with Gasteiger partial charge >= 0.3 is 0 Å². The molecule has 9 heteroatoms. The van der Waals surface area contributed by atoms with Crippen LogP contribution in [-0.2, 0) is 34.1 Å². The minimum Gasteiger partial charge on any atom is -0.382 e. The summed E-state index contributed by atoms with van der Waals surface area (Å²) in [7, 11) is -3.78. The van der Waals surface area contributed by atoms with Crippen molar-refractivity contribution < 1.29 is 13.2 Å². The van der Waals surface area contributed by atoms with Crippen LogP contribution in [-0.4, -0.2) is 62.3 Å². The molecule has 8 nitrogen and oxygen atoms in total. The maximum absolute atomic E-state index is 13.9. The largest absolute Gasteiger partial charge is 0.382 e. The van der Waals surface area contributed by atoms with Gasteiger partial charge in [0, 0.05) is 39.3 Å². The third-order valence-corrected chi connectivity index (χ3v) is 9.38. The zero-order chi connectivity index (χ0) is 30.0. The average molecular weight is 588 g/mol. The molecule has 0 unspecified atom stereocenters. The van der Waals surface area contributed by atoms with E-state index in [0.717, 1.165) is 61.3 Å². The molecule has 4 aromatic rings. The molecule has 0 saturated heterocycles. The molecule has 0 aliphatic rings. The zero-order valence-electron chi connectivity index (χ0n) is 24.9. The fraction of sp³-hybridized carbons (Fsp3) is 0.394. The topological polar surface area (TPSA) is 91.5 Å². The lowest BCUT2D eigenvalue weighted by Crippen LogP contribution is -2.38. The van der Waals surface area contributed by atoms with E-state index in [9.17, 15) is 8.42 Å². The maximum atomic E-state index is 13.9. The second-order valence-corrected chi connectivity index (χ2v) is 12.0. The average Bonchev–Trinajstić information content (AvgIpc) is 3.37. The first kappa shape index (κ1) is 31.2. The van der Waals surface area contributed by atoms with Gasteiger partial charge in [0.2, 0.25) is 0 Å². The molecule has 1 aromatic heterocycles. The summed E-state index contributed by atoms with van der Waals surface area (Å²) in [4.78, 5) is 7.52. The summed E-state index contributed by atoms with van der Waals surface area (Å²) in [6, 6.07) is 24.2. The minimum atomic E-state index is -3.78. The van der Waals surface area contributed by atoms with Gasteiger partial charge in [0.15, 0.2) is 0 Å². The van der Waals surface area contributed by atoms with Crippen molar-refractivity contribution in [2.75, 3.05) is 43.7 Å². The Morgan fingerprint density at radius 2 is 1.67 bits per heavy atom. The van der Waals surface area contributed by atoms with E-state index >= 15 is 0 Å². The van der Waals surface area contributed by atoms with Crippen molar-refractivity contribution in [1.82, 2.24) is 14.5 Å². The molecule has 0 N–H and O–H groups in total. The number of hydrogen-bond donors (Lipinski definition) is 0. The SMILES string of the molecule is CCOCCCn1c(CCc2ccc(C#N)cc2)nc2cc(N(CCN(CC)CC)S(=O)(=O)c3ccccc3)ccc21. The number of ether oxygens (including phenoxy) is 1. The Morgan fingerprint density at radius 3 is 2.33 bits per heavy atom. The van der Waals surface area contributed by atoms with E-state index in [0.29, 0.717) is 37.6 Å². The summed E-state index contributed by atoms with van der Waals surface area (Å²) in [6.45, 7) is 10.9. The summed E-state index contributed by atoms with van der Waals surface area (Å²) >= 11 is 0. The number of aromatic nitrogens is 2. The molecule has 0 bridgehead atoms. The quantitative estimate of drug-likeness (QED) is 0.157. The summed E-state index contributed by atoms with van der Waals surface area (Å²) in [5.41, 5.74) is 4.14. The van der Waals surface area contributed by atoms with Crippen LogP contribution in [0.25, 0.3) is 11.0 Å². The van der Waals surface area contributed by atoms with Crippen LogP contribution in [0.2, 0.25) is 0 Å². The number of nitriles is 1. The van der Waals surface area contributed by atoms with Gasteiger partial charge in [-0.25, -0.2) is 13.4 Å². The first-order valence-corrected chi connectivity index (χ1v) is 16.2. The van der Waals surface area contributed by atoms with Gasteiger partial charge < -0.3 is 14.2 Å². The van der Waals surface area contributed by atoms with Gasteiger partial charge in [-0.15, -0.1) is 0 Å². The van der Waals surface area contributed by atoms with Crippen LogP contribution >= 0.6 is 0 Å². The van der Waals surface area contributed by atoms with Crippen LogP contribution in [0.3, 0.4) is 0 Å². The van der Waals surface area contributed by atoms with Crippen LogP contribution in [0.15, 0.2) is 77.7 Å². The fourth-order valence-electron chi connectivity index (χ4n) is 5.11. The molecule has 42 heavy (non-hydrogen) atoms. The molecule has 0 radical (unpaired) electrons. The van der Waals surface area contributed by atoms with Crippen molar-refractivity contribution in [1.29, 1.82) is 5.26 Å². The predicted molar refractivity (Wildman–Crippen MR) is 168 cm³/mol. The highest BCUT2D eigenvalue weighted by Gasteiger charge is 2.26. The number of imidazole rings is 1. The van der Waals surface area contributed by atoms with Gasteiger partial charge in [-0.2, -0.15) is 5.26 Å². The van der Waals surface area contributed by atoms with Crippen LogP contribution < -0.4 is 4.31 Å². The summed E-state index contributed by atoms with van der Waals surface area (Å²) in [6.07, 6.45) is 2.35. The fourth-order valence-corrected chi connectivity index (χ4v) is 6.58. The molecule has 0 saturated carbocycles. The van der Waals surface area contributed by atoms with E-state index in [1.807, 2.05) is 55.5 Å².